The summed E-state index contributed by atoms with van der Waals surface area (Å²) in [5, 5.41) is 3.47. The summed E-state index contributed by atoms with van der Waals surface area (Å²) < 4.78 is 5.51. The predicted molar refractivity (Wildman–Crippen MR) is 98.2 cm³/mol. The molecule has 0 radical (unpaired) electrons. The molecule has 0 saturated carbocycles. The average Bonchev–Trinajstić information content (AvgIpc) is 2.59. The first-order valence-corrected chi connectivity index (χ1v) is 9.69. The third-order valence-electron chi connectivity index (χ3n) is 4.32. The van der Waals surface area contributed by atoms with Gasteiger partial charge in [0, 0.05) is 36.6 Å². The van der Waals surface area contributed by atoms with Crippen molar-refractivity contribution in [1.82, 2.24) is 4.90 Å². The van der Waals surface area contributed by atoms with E-state index in [2.05, 4.69) is 30.6 Å². The van der Waals surface area contributed by atoms with Crippen molar-refractivity contribution in [2.45, 2.75) is 31.9 Å². The summed E-state index contributed by atoms with van der Waals surface area (Å²) in [5.74, 6) is 0.456. The van der Waals surface area contributed by atoms with Gasteiger partial charge in [-0.2, -0.15) is 11.8 Å². The van der Waals surface area contributed by atoms with Crippen molar-refractivity contribution in [3.8, 4) is 0 Å². The van der Waals surface area contributed by atoms with Gasteiger partial charge in [0.2, 0.25) is 0 Å². The van der Waals surface area contributed by atoms with Crippen molar-refractivity contribution in [2.24, 2.45) is 5.92 Å². The number of carbonyl (C=O) groups excluding carboxylic acids is 1. The van der Waals surface area contributed by atoms with E-state index in [1.54, 1.807) is 11.8 Å². The Bertz CT molecular complexity index is 510. The highest BCUT2D eigenvalue weighted by atomic mass is 32.2. The van der Waals surface area contributed by atoms with E-state index in [9.17, 15) is 4.79 Å². The van der Waals surface area contributed by atoms with E-state index in [0.717, 1.165) is 44.8 Å². The Morgan fingerprint density at radius 2 is 2.35 bits per heavy atom. The highest BCUT2D eigenvalue weighted by molar-refractivity contribution is 7.98. The Kier molecular flexibility index (Phi) is 7.24. The second kappa shape index (κ2) is 9.18. The molecule has 0 aromatic heterocycles. The standard InChI is InChI=1S/C18H28N2O2S/c1-4-22-13-15-7-6-10-20(12-15)18(21)19-17-9-5-8-16(11-17)14(2)23-3/h5,8-9,11,14-15H,4,6-7,10,12-13H2,1-3H3,(H,19,21)/t14-,15-/m1/s1. The lowest BCUT2D eigenvalue weighted by Gasteiger charge is -2.32. The molecule has 0 spiro atoms. The summed E-state index contributed by atoms with van der Waals surface area (Å²) in [7, 11) is 0. The average molecular weight is 337 g/mol. The van der Waals surface area contributed by atoms with Gasteiger partial charge in [-0.3, -0.25) is 0 Å². The second-order valence-corrected chi connectivity index (χ2v) is 7.23. The van der Waals surface area contributed by atoms with Crippen LogP contribution in [-0.2, 0) is 4.74 Å². The van der Waals surface area contributed by atoms with E-state index in [4.69, 9.17) is 4.74 Å². The zero-order valence-electron chi connectivity index (χ0n) is 14.4. The van der Waals surface area contributed by atoms with Crippen LogP contribution in [0.25, 0.3) is 0 Å². The van der Waals surface area contributed by atoms with E-state index >= 15 is 0 Å². The maximum absolute atomic E-state index is 12.5. The van der Waals surface area contributed by atoms with Gasteiger partial charge in [0.15, 0.2) is 0 Å². The van der Waals surface area contributed by atoms with Gasteiger partial charge in [0.05, 0.1) is 6.61 Å². The lowest BCUT2D eigenvalue weighted by Crippen LogP contribution is -2.43. The third-order valence-corrected chi connectivity index (χ3v) is 5.30. The van der Waals surface area contributed by atoms with Crippen LogP contribution in [0.1, 0.15) is 37.5 Å². The summed E-state index contributed by atoms with van der Waals surface area (Å²) in [6, 6.07) is 8.14. The number of nitrogens with zero attached hydrogens (tertiary/aromatic N) is 1. The maximum atomic E-state index is 12.5. The molecule has 2 atom stereocenters. The quantitative estimate of drug-likeness (QED) is 0.837. The summed E-state index contributed by atoms with van der Waals surface area (Å²) in [5.41, 5.74) is 2.11. The van der Waals surface area contributed by atoms with Crippen LogP contribution in [0.2, 0.25) is 0 Å². The Hall–Kier alpha value is -1.20. The van der Waals surface area contributed by atoms with Crippen LogP contribution in [0.15, 0.2) is 24.3 Å². The summed E-state index contributed by atoms with van der Waals surface area (Å²) in [4.78, 5) is 14.4. The smallest absolute Gasteiger partial charge is 0.321 e. The van der Waals surface area contributed by atoms with Crippen LogP contribution in [0.4, 0.5) is 10.5 Å². The molecular weight excluding hydrogens is 308 g/mol. The maximum Gasteiger partial charge on any atom is 0.321 e. The lowest BCUT2D eigenvalue weighted by molar-refractivity contribution is 0.0777. The number of hydrogen-bond donors (Lipinski definition) is 1. The topological polar surface area (TPSA) is 41.6 Å². The molecule has 2 amide bonds. The van der Waals surface area contributed by atoms with Crippen molar-refractivity contribution < 1.29 is 9.53 Å². The molecule has 1 aromatic carbocycles. The summed E-state index contributed by atoms with van der Waals surface area (Å²) in [6.07, 6.45) is 4.29. The largest absolute Gasteiger partial charge is 0.381 e. The molecule has 4 nitrogen and oxygen atoms in total. The highest BCUT2D eigenvalue weighted by Gasteiger charge is 2.23. The molecule has 1 fully saturated rings. The molecule has 1 N–H and O–H groups in total. The molecule has 23 heavy (non-hydrogen) atoms. The van der Waals surface area contributed by atoms with Crippen molar-refractivity contribution in [2.75, 3.05) is 37.9 Å². The number of thioether (sulfide) groups is 1. The van der Waals surface area contributed by atoms with Gasteiger partial charge in [-0.25, -0.2) is 4.79 Å². The fraction of sp³-hybridized carbons (Fsp3) is 0.611. The van der Waals surface area contributed by atoms with E-state index in [0.29, 0.717) is 11.2 Å². The number of anilines is 1. The zero-order chi connectivity index (χ0) is 16.7. The lowest BCUT2D eigenvalue weighted by atomic mass is 9.99. The van der Waals surface area contributed by atoms with Gasteiger partial charge in [0.1, 0.15) is 0 Å². The van der Waals surface area contributed by atoms with Gasteiger partial charge in [-0.05, 0) is 50.6 Å². The molecule has 1 aliphatic heterocycles. The zero-order valence-corrected chi connectivity index (χ0v) is 15.2. The Balaban J connectivity index is 1.93. The van der Waals surface area contributed by atoms with Crippen molar-refractivity contribution in [3.05, 3.63) is 29.8 Å². The fourth-order valence-electron chi connectivity index (χ4n) is 2.88. The number of piperidine rings is 1. The Labute approximate surface area is 144 Å². The molecule has 1 aliphatic rings. The van der Waals surface area contributed by atoms with Crippen LogP contribution in [-0.4, -0.2) is 43.5 Å². The number of rotatable bonds is 6. The van der Waals surface area contributed by atoms with Gasteiger partial charge >= 0.3 is 6.03 Å². The number of urea groups is 1. The van der Waals surface area contributed by atoms with Crippen LogP contribution in [0.5, 0.6) is 0 Å². The summed E-state index contributed by atoms with van der Waals surface area (Å²) >= 11 is 1.80. The number of likely N-dealkylation sites (tertiary alicyclic amines) is 1. The van der Waals surface area contributed by atoms with Gasteiger partial charge in [-0.1, -0.05) is 12.1 Å². The monoisotopic (exact) mass is 336 g/mol. The minimum Gasteiger partial charge on any atom is -0.381 e. The molecule has 1 aromatic rings. The van der Waals surface area contributed by atoms with Gasteiger partial charge in [-0.15, -0.1) is 0 Å². The normalized spacial score (nSPS) is 19.4. The van der Waals surface area contributed by atoms with Gasteiger partial charge < -0.3 is 15.0 Å². The number of hydrogen-bond acceptors (Lipinski definition) is 3. The third kappa shape index (κ3) is 5.43. The molecule has 2 rings (SSSR count). The molecular formula is C18H28N2O2S. The molecule has 1 saturated heterocycles. The van der Waals surface area contributed by atoms with Crippen molar-refractivity contribution in [3.63, 3.8) is 0 Å². The van der Waals surface area contributed by atoms with E-state index in [1.807, 2.05) is 24.0 Å². The molecule has 128 valence electrons. The molecule has 0 aliphatic carbocycles. The number of amides is 2. The first-order valence-electron chi connectivity index (χ1n) is 8.40. The number of nitrogens with one attached hydrogen (secondary N) is 1. The minimum atomic E-state index is 0.000142. The van der Waals surface area contributed by atoms with E-state index in [1.165, 1.54) is 5.56 Å². The molecule has 5 heteroatoms. The first-order chi connectivity index (χ1) is 11.1. The van der Waals surface area contributed by atoms with E-state index in [-0.39, 0.29) is 6.03 Å². The minimum absolute atomic E-state index is 0.000142. The Morgan fingerprint density at radius 3 is 3.09 bits per heavy atom. The molecule has 0 bridgehead atoms. The Morgan fingerprint density at radius 1 is 1.52 bits per heavy atom. The number of carbonyl (C=O) groups is 1. The second-order valence-electron chi connectivity index (χ2n) is 6.05. The van der Waals surface area contributed by atoms with Gasteiger partial charge in [0.25, 0.3) is 0 Å². The van der Waals surface area contributed by atoms with Crippen molar-refractivity contribution >= 4 is 23.5 Å². The predicted octanol–water partition coefficient (Wildman–Crippen LogP) is 4.39. The fourth-order valence-corrected chi connectivity index (χ4v) is 3.30. The number of ether oxygens (including phenoxy) is 1. The number of benzene rings is 1. The highest BCUT2D eigenvalue weighted by Crippen LogP contribution is 2.27. The van der Waals surface area contributed by atoms with E-state index < -0.39 is 0 Å². The van der Waals surface area contributed by atoms with Crippen LogP contribution >= 0.6 is 11.8 Å². The van der Waals surface area contributed by atoms with Crippen LogP contribution in [0, 0.1) is 5.92 Å². The SMILES string of the molecule is CCOC[C@@H]1CCCN(C(=O)Nc2cccc([C@@H](C)SC)c2)C1. The first kappa shape index (κ1) is 18.1. The molecule has 0 unspecified atom stereocenters. The van der Waals surface area contributed by atoms with Crippen LogP contribution < -0.4 is 5.32 Å². The van der Waals surface area contributed by atoms with Crippen molar-refractivity contribution in [1.29, 1.82) is 0 Å². The molecule has 1 heterocycles. The van der Waals surface area contributed by atoms with Crippen LogP contribution in [0.3, 0.4) is 0 Å². The summed E-state index contributed by atoms with van der Waals surface area (Å²) in [6.45, 7) is 7.29.